The highest BCUT2D eigenvalue weighted by Crippen LogP contribution is 2.24. The van der Waals surface area contributed by atoms with Gasteiger partial charge in [-0.05, 0) is 18.2 Å². The van der Waals surface area contributed by atoms with Crippen LogP contribution in [0.3, 0.4) is 0 Å². The first-order valence-electron chi connectivity index (χ1n) is 7.01. The molecule has 0 saturated heterocycles. The molecule has 1 N–H and O–H groups in total. The van der Waals surface area contributed by atoms with Crippen LogP contribution in [0.1, 0.15) is 20.7 Å². The molecule has 0 aliphatic heterocycles. The van der Waals surface area contributed by atoms with Gasteiger partial charge in [-0.2, -0.15) is 0 Å². The molecular weight excluding hydrogens is 350 g/mol. The summed E-state index contributed by atoms with van der Waals surface area (Å²) in [5.74, 6) is -1.05. The average molecular weight is 364 g/mol. The lowest BCUT2D eigenvalue weighted by atomic mass is 10.1. The Balaban J connectivity index is 2.30. The van der Waals surface area contributed by atoms with E-state index in [1.165, 1.54) is 32.4 Å². The Morgan fingerprint density at radius 3 is 2.48 bits per heavy atom. The van der Waals surface area contributed by atoms with Crippen molar-refractivity contribution in [2.24, 2.45) is 0 Å². The van der Waals surface area contributed by atoms with Crippen molar-refractivity contribution in [1.29, 1.82) is 0 Å². The number of benzene rings is 2. The number of para-hydroxylation sites is 1. The van der Waals surface area contributed by atoms with Crippen molar-refractivity contribution in [2.75, 3.05) is 19.5 Å². The number of hydrogen-bond acceptors (Lipinski definition) is 5. The number of carbonyl (C=O) groups is 2. The highest BCUT2D eigenvalue weighted by atomic mass is 35.5. The third-order valence-corrected chi connectivity index (χ3v) is 3.69. The van der Waals surface area contributed by atoms with Crippen molar-refractivity contribution in [3.63, 3.8) is 0 Å². The normalized spacial score (nSPS) is 10.2. The molecule has 9 heteroatoms. The smallest absolute Gasteiger partial charge is 0.279 e. The highest BCUT2D eigenvalue weighted by Gasteiger charge is 2.19. The Labute approximate surface area is 148 Å². The van der Waals surface area contributed by atoms with Gasteiger partial charge < -0.3 is 5.32 Å². The molecular formula is C16H14ClN3O5. The van der Waals surface area contributed by atoms with E-state index >= 15 is 0 Å². The molecule has 0 unspecified atom stereocenters. The molecule has 2 amide bonds. The standard InChI is InChI=1S/C16H14ClN3O5/c1-19(25-2)16(22)12-5-3-4-6-14(12)18-15(21)11-8-7-10(20(23)24)9-13(11)17/h3-9H,1-2H3,(H,18,21). The number of nitro groups is 1. The zero-order valence-electron chi connectivity index (χ0n) is 13.4. The second-order valence-electron chi connectivity index (χ2n) is 4.91. The van der Waals surface area contributed by atoms with Gasteiger partial charge >= 0.3 is 0 Å². The number of rotatable bonds is 5. The van der Waals surface area contributed by atoms with Crippen LogP contribution in [0.4, 0.5) is 11.4 Å². The van der Waals surface area contributed by atoms with Crippen LogP contribution >= 0.6 is 11.6 Å². The summed E-state index contributed by atoms with van der Waals surface area (Å²) in [5, 5.41) is 14.3. The number of anilines is 1. The van der Waals surface area contributed by atoms with Gasteiger partial charge in [-0.25, -0.2) is 5.06 Å². The Morgan fingerprint density at radius 2 is 1.88 bits per heavy atom. The van der Waals surface area contributed by atoms with Crippen LogP contribution in [-0.4, -0.2) is 36.0 Å². The van der Waals surface area contributed by atoms with Crippen LogP contribution in [0.15, 0.2) is 42.5 Å². The largest absolute Gasteiger partial charge is 0.321 e. The van der Waals surface area contributed by atoms with Gasteiger partial charge in [0.05, 0.1) is 33.9 Å². The Kier molecular flexibility index (Phi) is 5.68. The molecule has 0 radical (unpaired) electrons. The monoisotopic (exact) mass is 363 g/mol. The first-order chi connectivity index (χ1) is 11.8. The topological polar surface area (TPSA) is 102 Å². The van der Waals surface area contributed by atoms with Gasteiger partial charge in [0.15, 0.2) is 0 Å². The molecule has 0 heterocycles. The summed E-state index contributed by atoms with van der Waals surface area (Å²) in [7, 11) is 2.78. The Bertz CT molecular complexity index is 840. The van der Waals surface area contributed by atoms with E-state index in [9.17, 15) is 19.7 Å². The molecule has 8 nitrogen and oxygen atoms in total. The first kappa shape index (κ1) is 18.4. The van der Waals surface area contributed by atoms with Crippen molar-refractivity contribution < 1.29 is 19.3 Å². The number of halogens is 1. The quantitative estimate of drug-likeness (QED) is 0.649. The lowest BCUT2D eigenvalue weighted by Crippen LogP contribution is -2.27. The third-order valence-electron chi connectivity index (χ3n) is 3.37. The van der Waals surface area contributed by atoms with Crippen LogP contribution in [0, 0.1) is 10.1 Å². The third kappa shape index (κ3) is 4.11. The van der Waals surface area contributed by atoms with E-state index in [4.69, 9.17) is 16.4 Å². The van der Waals surface area contributed by atoms with Crippen LogP contribution in [-0.2, 0) is 4.84 Å². The Morgan fingerprint density at radius 1 is 1.20 bits per heavy atom. The fraction of sp³-hybridized carbons (Fsp3) is 0.125. The number of nitro benzene ring substituents is 1. The zero-order valence-corrected chi connectivity index (χ0v) is 14.1. The van der Waals surface area contributed by atoms with Gasteiger partial charge in [-0.1, -0.05) is 23.7 Å². The molecule has 0 fully saturated rings. The lowest BCUT2D eigenvalue weighted by Gasteiger charge is -2.16. The summed E-state index contributed by atoms with van der Waals surface area (Å²) in [5.41, 5.74) is 0.308. The number of carbonyl (C=O) groups excluding carboxylic acids is 2. The number of amides is 2. The van der Waals surface area contributed by atoms with Crippen molar-refractivity contribution in [2.45, 2.75) is 0 Å². The van der Waals surface area contributed by atoms with Gasteiger partial charge in [0, 0.05) is 19.2 Å². The summed E-state index contributed by atoms with van der Waals surface area (Å²) < 4.78 is 0. The summed E-state index contributed by atoms with van der Waals surface area (Å²) >= 11 is 5.95. The van der Waals surface area contributed by atoms with E-state index in [1.54, 1.807) is 18.2 Å². The average Bonchev–Trinajstić information content (AvgIpc) is 2.60. The van der Waals surface area contributed by atoms with Crippen molar-refractivity contribution in [3.8, 4) is 0 Å². The molecule has 2 aromatic carbocycles. The van der Waals surface area contributed by atoms with Crippen molar-refractivity contribution >= 4 is 34.8 Å². The van der Waals surface area contributed by atoms with Gasteiger partial charge in [-0.15, -0.1) is 0 Å². The van der Waals surface area contributed by atoms with E-state index in [0.717, 1.165) is 11.1 Å². The maximum absolute atomic E-state index is 12.4. The highest BCUT2D eigenvalue weighted by molar-refractivity contribution is 6.34. The minimum absolute atomic E-state index is 0.0506. The second-order valence-corrected chi connectivity index (χ2v) is 5.31. The van der Waals surface area contributed by atoms with Gasteiger partial charge in [-0.3, -0.25) is 24.5 Å². The fourth-order valence-corrected chi connectivity index (χ4v) is 2.28. The summed E-state index contributed by atoms with van der Waals surface area (Å²) in [6.45, 7) is 0. The summed E-state index contributed by atoms with van der Waals surface area (Å²) in [6, 6.07) is 9.89. The maximum Gasteiger partial charge on any atom is 0.279 e. The molecule has 0 bridgehead atoms. The van der Waals surface area contributed by atoms with Crippen LogP contribution < -0.4 is 5.32 Å². The van der Waals surface area contributed by atoms with Crippen LogP contribution in [0.5, 0.6) is 0 Å². The first-order valence-corrected chi connectivity index (χ1v) is 7.39. The van der Waals surface area contributed by atoms with E-state index in [0.29, 0.717) is 0 Å². The van der Waals surface area contributed by atoms with Crippen LogP contribution in [0.2, 0.25) is 5.02 Å². The SMILES string of the molecule is CON(C)C(=O)c1ccccc1NC(=O)c1ccc([N+](=O)[O-])cc1Cl. The lowest BCUT2D eigenvalue weighted by molar-refractivity contribution is -0.384. The molecule has 25 heavy (non-hydrogen) atoms. The summed E-state index contributed by atoms with van der Waals surface area (Å²) in [6.07, 6.45) is 0. The van der Waals surface area contributed by atoms with Gasteiger partial charge in [0.1, 0.15) is 0 Å². The molecule has 0 aliphatic carbocycles. The second kappa shape index (κ2) is 7.73. The molecule has 0 aliphatic rings. The minimum atomic E-state index is -0.609. The Hall–Kier alpha value is -2.97. The maximum atomic E-state index is 12.4. The molecule has 2 aromatic rings. The summed E-state index contributed by atoms with van der Waals surface area (Å²) in [4.78, 5) is 39.6. The molecule has 130 valence electrons. The molecule has 0 atom stereocenters. The van der Waals surface area contributed by atoms with Crippen molar-refractivity contribution in [3.05, 3.63) is 68.7 Å². The van der Waals surface area contributed by atoms with Gasteiger partial charge in [0.25, 0.3) is 17.5 Å². The van der Waals surface area contributed by atoms with E-state index in [1.807, 2.05) is 0 Å². The number of nitrogens with zero attached hydrogens (tertiary/aromatic N) is 2. The van der Waals surface area contributed by atoms with Crippen molar-refractivity contribution in [1.82, 2.24) is 5.06 Å². The number of non-ortho nitro benzene ring substituents is 1. The van der Waals surface area contributed by atoms with Gasteiger partial charge in [0.2, 0.25) is 0 Å². The minimum Gasteiger partial charge on any atom is -0.321 e. The predicted molar refractivity (Wildman–Crippen MR) is 91.6 cm³/mol. The molecule has 0 aromatic heterocycles. The number of hydroxylamine groups is 2. The molecule has 2 rings (SSSR count). The van der Waals surface area contributed by atoms with Crippen LogP contribution in [0.25, 0.3) is 0 Å². The number of nitrogens with one attached hydrogen (secondary N) is 1. The zero-order chi connectivity index (χ0) is 18.6. The number of hydrogen-bond donors (Lipinski definition) is 1. The van der Waals surface area contributed by atoms with E-state index < -0.39 is 16.7 Å². The van der Waals surface area contributed by atoms with E-state index in [-0.39, 0.29) is 27.5 Å². The van der Waals surface area contributed by atoms with E-state index in [2.05, 4.69) is 5.32 Å². The fourth-order valence-electron chi connectivity index (χ4n) is 2.02. The predicted octanol–water partition coefficient (Wildman–Crippen LogP) is 3.13. The molecule has 0 saturated carbocycles. The molecule has 0 spiro atoms.